The van der Waals surface area contributed by atoms with Crippen LogP contribution in [0.4, 0.5) is 0 Å². The Morgan fingerprint density at radius 3 is 2.50 bits per heavy atom. The highest BCUT2D eigenvalue weighted by molar-refractivity contribution is 5.28. The molecule has 2 heteroatoms. The van der Waals surface area contributed by atoms with E-state index in [0.29, 0.717) is 0 Å². The summed E-state index contributed by atoms with van der Waals surface area (Å²) in [5.41, 5.74) is 8.56. The van der Waals surface area contributed by atoms with Crippen LogP contribution in [0.1, 0.15) is 57.7 Å². The summed E-state index contributed by atoms with van der Waals surface area (Å²) in [5, 5.41) is 0. The molecule has 0 spiro atoms. The summed E-state index contributed by atoms with van der Waals surface area (Å²) in [4.78, 5) is 4.55. The fraction of sp³-hybridized carbons (Fsp3) is 0.643. The van der Waals surface area contributed by atoms with Crippen molar-refractivity contribution in [3.05, 3.63) is 29.6 Å². The van der Waals surface area contributed by atoms with Crippen molar-refractivity contribution in [1.29, 1.82) is 0 Å². The van der Waals surface area contributed by atoms with Gasteiger partial charge in [-0.1, -0.05) is 19.8 Å². The second-order valence-corrected chi connectivity index (χ2v) is 5.92. The summed E-state index contributed by atoms with van der Waals surface area (Å²) in [5.74, 6) is 0. The lowest BCUT2D eigenvalue weighted by Crippen LogP contribution is -2.29. The predicted octanol–water partition coefficient (Wildman–Crippen LogP) is 3.11. The number of hydrogen-bond acceptors (Lipinski definition) is 2. The van der Waals surface area contributed by atoms with Crippen LogP contribution in [0.5, 0.6) is 0 Å². The molecule has 0 radical (unpaired) electrons. The van der Waals surface area contributed by atoms with Crippen molar-refractivity contribution in [3.63, 3.8) is 0 Å². The van der Waals surface area contributed by atoms with E-state index >= 15 is 0 Å². The van der Waals surface area contributed by atoms with Crippen LogP contribution in [0, 0.1) is 0 Å². The van der Waals surface area contributed by atoms with E-state index < -0.39 is 0 Å². The van der Waals surface area contributed by atoms with E-state index in [0.717, 1.165) is 0 Å². The Labute approximate surface area is 98.3 Å². The monoisotopic (exact) mass is 218 g/mol. The molecule has 2 nitrogen and oxygen atoms in total. The highest BCUT2D eigenvalue weighted by Gasteiger charge is 2.32. The molecule has 16 heavy (non-hydrogen) atoms. The second kappa shape index (κ2) is 3.85. The van der Waals surface area contributed by atoms with Crippen LogP contribution in [0.3, 0.4) is 0 Å². The van der Waals surface area contributed by atoms with Gasteiger partial charge in [0.25, 0.3) is 0 Å². The summed E-state index contributed by atoms with van der Waals surface area (Å²) < 4.78 is 0. The Morgan fingerprint density at radius 2 is 1.94 bits per heavy atom. The van der Waals surface area contributed by atoms with Gasteiger partial charge >= 0.3 is 0 Å². The average molecular weight is 218 g/mol. The highest BCUT2D eigenvalue weighted by atomic mass is 14.7. The molecule has 1 aliphatic carbocycles. The van der Waals surface area contributed by atoms with Crippen molar-refractivity contribution >= 4 is 0 Å². The predicted molar refractivity (Wildman–Crippen MR) is 67.3 cm³/mol. The van der Waals surface area contributed by atoms with Gasteiger partial charge in [0.2, 0.25) is 0 Å². The lowest BCUT2D eigenvalue weighted by Gasteiger charge is -2.26. The maximum Gasteiger partial charge on any atom is 0.0465 e. The summed E-state index contributed by atoms with van der Waals surface area (Å²) in [6.07, 6.45) is 7.08. The van der Waals surface area contributed by atoms with Gasteiger partial charge in [0.05, 0.1) is 0 Å². The summed E-state index contributed by atoms with van der Waals surface area (Å²) in [7, 11) is 0. The third-order valence-electron chi connectivity index (χ3n) is 3.83. The van der Waals surface area contributed by atoms with Gasteiger partial charge in [-0.25, -0.2) is 0 Å². The molecule has 0 atom stereocenters. The minimum atomic E-state index is -0.271. The number of aromatic nitrogens is 1. The van der Waals surface area contributed by atoms with Crippen molar-refractivity contribution in [2.75, 3.05) is 0 Å². The van der Waals surface area contributed by atoms with Crippen LogP contribution in [0.2, 0.25) is 0 Å². The SMILES string of the molecule is CC(C)(N)c1ccnc(C2(C)CCCC2)c1. The smallest absolute Gasteiger partial charge is 0.0465 e. The zero-order valence-electron chi connectivity index (χ0n) is 10.6. The quantitative estimate of drug-likeness (QED) is 0.828. The maximum atomic E-state index is 6.14. The Hall–Kier alpha value is -0.890. The average Bonchev–Trinajstić information content (AvgIpc) is 2.66. The van der Waals surface area contributed by atoms with E-state index in [9.17, 15) is 0 Å². The minimum Gasteiger partial charge on any atom is -0.322 e. The van der Waals surface area contributed by atoms with Crippen molar-refractivity contribution in [2.24, 2.45) is 5.73 Å². The van der Waals surface area contributed by atoms with Crippen LogP contribution in [0.15, 0.2) is 18.3 Å². The first-order valence-electron chi connectivity index (χ1n) is 6.18. The number of pyridine rings is 1. The molecular formula is C14H22N2. The van der Waals surface area contributed by atoms with Crippen LogP contribution in [0.25, 0.3) is 0 Å². The van der Waals surface area contributed by atoms with E-state index in [1.807, 2.05) is 26.1 Å². The van der Waals surface area contributed by atoms with Crippen LogP contribution in [-0.2, 0) is 11.0 Å². The van der Waals surface area contributed by atoms with Crippen molar-refractivity contribution < 1.29 is 0 Å². The molecule has 0 aliphatic heterocycles. The molecule has 2 rings (SSSR count). The molecule has 0 aromatic carbocycles. The molecule has 2 N–H and O–H groups in total. The molecule has 1 aliphatic rings. The van der Waals surface area contributed by atoms with Crippen LogP contribution < -0.4 is 5.73 Å². The van der Waals surface area contributed by atoms with Crippen molar-refractivity contribution in [1.82, 2.24) is 4.98 Å². The van der Waals surface area contributed by atoms with Gasteiger partial charge in [-0.3, -0.25) is 4.98 Å². The Kier molecular flexibility index (Phi) is 2.79. The van der Waals surface area contributed by atoms with Gasteiger partial charge in [-0.05, 0) is 44.4 Å². The normalized spacial score (nSPS) is 20.0. The first kappa shape index (κ1) is 11.6. The Bertz CT molecular complexity index is 371. The molecule has 1 saturated carbocycles. The number of nitrogens with two attached hydrogens (primary N) is 1. The number of hydrogen-bond donors (Lipinski definition) is 1. The van der Waals surface area contributed by atoms with Gasteiger partial charge in [-0.2, -0.15) is 0 Å². The number of rotatable bonds is 2. The molecule has 1 aromatic rings. The molecule has 1 aromatic heterocycles. The summed E-state index contributed by atoms with van der Waals surface area (Å²) >= 11 is 0. The number of nitrogens with zero attached hydrogens (tertiary/aromatic N) is 1. The van der Waals surface area contributed by atoms with E-state index in [2.05, 4.69) is 18.0 Å². The van der Waals surface area contributed by atoms with E-state index in [1.54, 1.807) is 0 Å². The molecule has 1 fully saturated rings. The second-order valence-electron chi connectivity index (χ2n) is 5.92. The van der Waals surface area contributed by atoms with Gasteiger partial charge in [0.15, 0.2) is 0 Å². The van der Waals surface area contributed by atoms with Gasteiger partial charge in [0, 0.05) is 22.8 Å². The molecule has 88 valence electrons. The maximum absolute atomic E-state index is 6.14. The molecule has 0 amide bonds. The van der Waals surface area contributed by atoms with Crippen molar-refractivity contribution in [2.45, 2.75) is 57.4 Å². The molecular weight excluding hydrogens is 196 g/mol. The van der Waals surface area contributed by atoms with E-state index in [1.165, 1.54) is 36.9 Å². The van der Waals surface area contributed by atoms with Crippen LogP contribution >= 0.6 is 0 Å². The fourth-order valence-electron chi connectivity index (χ4n) is 2.57. The zero-order valence-corrected chi connectivity index (χ0v) is 10.6. The lowest BCUT2D eigenvalue weighted by atomic mass is 9.83. The molecule has 0 unspecified atom stereocenters. The Morgan fingerprint density at radius 1 is 1.31 bits per heavy atom. The van der Waals surface area contributed by atoms with Gasteiger partial charge in [0.1, 0.15) is 0 Å². The largest absolute Gasteiger partial charge is 0.322 e. The minimum absolute atomic E-state index is 0.271. The zero-order chi connectivity index (χ0) is 11.8. The first-order chi connectivity index (χ1) is 7.42. The summed E-state index contributed by atoms with van der Waals surface area (Å²) in [6.45, 7) is 6.42. The van der Waals surface area contributed by atoms with E-state index in [-0.39, 0.29) is 11.0 Å². The third-order valence-corrected chi connectivity index (χ3v) is 3.83. The molecule has 0 bridgehead atoms. The third kappa shape index (κ3) is 2.12. The molecule has 0 saturated heterocycles. The van der Waals surface area contributed by atoms with Crippen molar-refractivity contribution in [3.8, 4) is 0 Å². The topological polar surface area (TPSA) is 38.9 Å². The lowest BCUT2D eigenvalue weighted by molar-refractivity contribution is 0.471. The fourth-order valence-corrected chi connectivity index (χ4v) is 2.57. The van der Waals surface area contributed by atoms with E-state index in [4.69, 9.17) is 5.73 Å². The first-order valence-corrected chi connectivity index (χ1v) is 6.18. The van der Waals surface area contributed by atoms with Gasteiger partial charge < -0.3 is 5.73 Å². The van der Waals surface area contributed by atoms with Crippen LogP contribution in [-0.4, -0.2) is 4.98 Å². The Balaban J connectivity index is 2.36. The van der Waals surface area contributed by atoms with Gasteiger partial charge in [-0.15, -0.1) is 0 Å². The summed E-state index contributed by atoms with van der Waals surface area (Å²) in [6, 6.07) is 4.23. The standard InChI is InChI=1S/C14H22N2/c1-13(2,15)11-6-9-16-12(10-11)14(3)7-4-5-8-14/h6,9-10H,4-5,7-8,15H2,1-3H3. The molecule has 1 heterocycles. The highest BCUT2D eigenvalue weighted by Crippen LogP contribution is 2.40.